The normalized spacial score (nSPS) is 21.3. The summed E-state index contributed by atoms with van der Waals surface area (Å²) in [6.07, 6.45) is 1.09. The van der Waals surface area contributed by atoms with Crippen molar-refractivity contribution in [3.8, 4) is 17.2 Å². The first-order valence-electron chi connectivity index (χ1n) is 8.01. The molecule has 2 aromatic rings. The van der Waals surface area contributed by atoms with Gasteiger partial charge in [0.05, 0.1) is 26.3 Å². The second kappa shape index (κ2) is 6.18. The molecule has 0 amide bonds. The van der Waals surface area contributed by atoms with Crippen molar-refractivity contribution in [2.45, 2.75) is 12.6 Å². The Labute approximate surface area is 149 Å². The highest BCUT2D eigenvalue weighted by Crippen LogP contribution is 2.47. The van der Waals surface area contributed by atoms with E-state index >= 15 is 0 Å². The Morgan fingerprint density at radius 3 is 2.79 bits per heavy atom. The first kappa shape index (κ1) is 15.6. The third-order valence-corrected chi connectivity index (χ3v) is 5.20. The van der Waals surface area contributed by atoms with Gasteiger partial charge in [0.1, 0.15) is 0 Å². The van der Waals surface area contributed by atoms with E-state index in [-0.39, 0.29) is 13.0 Å². The Kier molecular flexibility index (Phi) is 4.02. The number of rotatable bonds is 3. The van der Waals surface area contributed by atoms with E-state index in [1.807, 2.05) is 12.1 Å². The van der Waals surface area contributed by atoms with E-state index in [0.29, 0.717) is 5.75 Å². The lowest BCUT2D eigenvalue weighted by Crippen LogP contribution is -3.11. The van der Waals surface area contributed by atoms with E-state index in [9.17, 15) is 0 Å². The number of hydrogen-bond donors (Lipinski definition) is 2. The van der Waals surface area contributed by atoms with E-state index in [1.165, 1.54) is 10.5 Å². The molecule has 2 aromatic carbocycles. The summed E-state index contributed by atoms with van der Waals surface area (Å²) in [7, 11) is 3.89. The van der Waals surface area contributed by atoms with Crippen molar-refractivity contribution in [2.75, 3.05) is 32.8 Å². The molecule has 2 atom stereocenters. The number of anilines is 1. The SMILES string of the molecule is COc1c2c(cc3c1[C@H](Nc1ccc(Br)cc1)[NH+](C)CC3)OCO2. The van der Waals surface area contributed by atoms with Gasteiger partial charge in [0, 0.05) is 16.6 Å². The number of halogens is 1. The van der Waals surface area contributed by atoms with Crippen LogP contribution in [0, 0.1) is 0 Å². The van der Waals surface area contributed by atoms with Crippen LogP contribution in [-0.2, 0) is 6.42 Å². The van der Waals surface area contributed by atoms with Gasteiger partial charge in [-0.2, -0.15) is 0 Å². The van der Waals surface area contributed by atoms with E-state index in [4.69, 9.17) is 14.2 Å². The second-order valence-corrected chi connectivity index (χ2v) is 7.06. The van der Waals surface area contributed by atoms with Gasteiger partial charge in [0.25, 0.3) is 0 Å². The summed E-state index contributed by atoms with van der Waals surface area (Å²) >= 11 is 3.48. The number of ether oxygens (including phenoxy) is 3. The van der Waals surface area contributed by atoms with Gasteiger partial charge in [0.15, 0.2) is 17.7 Å². The number of likely N-dealkylation sites (N-methyl/N-ethyl adjacent to an activating group) is 1. The number of nitrogens with one attached hydrogen (secondary N) is 2. The summed E-state index contributed by atoms with van der Waals surface area (Å²) in [4.78, 5) is 1.39. The molecular weight excluding hydrogens is 372 g/mol. The van der Waals surface area contributed by atoms with Crippen molar-refractivity contribution in [3.63, 3.8) is 0 Å². The van der Waals surface area contributed by atoms with Crippen molar-refractivity contribution in [1.82, 2.24) is 0 Å². The molecule has 24 heavy (non-hydrogen) atoms. The molecule has 4 rings (SSSR count). The summed E-state index contributed by atoms with van der Waals surface area (Å²) < 4.78 is 18.0. The van der Waals surface area contributed by atoms with Crippen LogP contribution in [0.15, 0.2) is 34.8 Å². The van der Waals surface area contributed by atoms with Gasteiger partial charge in [0.2, 0.25) is 12.5 Å². The molecule has 0 radical (unpaired) electrons. The maximum absolute atomic E-state index is 5.73. The van der Waals surface area contributed by atoms with E-state index < -0.39 is 0 Å². The average molecular weight is 392 g/mol. The largest absolute Gasteiger partial charge is 0.492 e. The maximum atomic E-state index is 5.73. The van der Waals surface area contributed by atoms with Crippen LogP contribution in [0.1, 0.15) is 17.3 Å². The van der Waals surface area contributed by atoms with Crippen LogP contribution in [0.3, 0.4) is 0 Å². The highest BCUT2D eigenvalue weighted by Gasteiger charge is 2.36. The minimum absolute atomic E-state index is 0.0966. The van der Waals surface area contributed by atoms with Crippen LogP contribution >= 0.6 is 15.9 Å². The fourth-order valence-electron chi connectivity index (χ4n) is 3.43. The van der Waals surface area contributed by atoms with Crippen LogP contribution in [0.2, 0.25) is 0 Å². The highest BCUT2D eigenvalue weighted by atomic mass is 79.9. The van der Waals surface area contributed by atoms with Crippen molar-refractivity contribution >= 4 is 21.6 Å². The molecule has 0 saturated carbocycles. The van der Waals surface area contributed by atoms with Gasteiger partial charge in [-0.05, 0) is 35.9 Å². The molecule has 0 fully saturated rings. The molecule has 2 aliphatic rings. The minimum atomic E-state index is 0.0966. The topological polar surface area (TPSA) is 44.2 Å². The predicted molar refractivity (Wildman–Crippen MR) is 95.1 cm³/mol. The van der Waals surface area contributed by atoms with Crippen LogP contribution < -0.4 is 24.4 Å². The monoisotopic (exact) mass is 391 g/mol. The molecule has 126 valence electrons. The first-order valence-corrected chi connectivity index (χ1v) is 8.80. The molecular formula is C18H20BrN2O3+. The Hall–Kier alpha value is -1.92. The molecule has 0 spiro atoms. The molecule has 0 aromatic heterocycles. The fourth-order valence-corrected chi connectivity index (χ4v) is 3.70. The van der Waals surface area contributed by atoms with Gasteiger partial charge in [-0.1, -0.05) is 15.9 Å². The number of hydrogen-bond acceptors (Lipinski definition) is 4. The first-order chi connectivity index (χ1) is 11.7. The Morgan fingerprint density at radius 2 is 2.04 bits per heavy atom. The second-order valence-electron chi connectivity index (χ2n) is 6.15. The zero-order valence-electron chi connectivity index (χ0n) is 13.7. The van der Waals surface area contributed by atoms with Gasteiger partial charge < -0.3 is 24.4 Å². The third-order valence-electron chi connectivity index (χ3n) is 4.67. The summed E-state index contributed by atoms with van der Waals surface area (Å²) in [5.74, 6) is 2.29. The molecule has 0 bridgehead atoms. The van der Waals surface area contributed by atoms with Crippen LogP contribution in [0.4, 0.5) is 5.69 Å². The Balaban J connectivity index is 1.78. The zero-order chi connectivity index (χ0) is 16.7. The number of fused-ring (bicyclic) bond motifs is 2. The minimum Gasteiger partial charge on any atom is -0.492 e. The average Bonchev–Trinajstić information content (AvgIpc) is 3.05. The zero-order valence-corrected chi connectivity index (χ0v) is 15.3. The number of benzene rings is 2. The molecule has 6 heteroatoms. The Morgan fingerprint density at radius 1 is 1.25 bits per heavy atom. The summed E-state index contributed by atoms with van der Waals surface area (Å²) in [6.45, 7) is 1.30. The van der Waals surface area contributed by atoms with Crippen molar-refractivity contribution in [3.05, 3.63) is 45.9 Å². The molecule has 0 saturated heterocycles. The molecule has 5 nitrogen and oxygen atoms in total. The summed E-state index contributed by atoms with van der Waals surface area (Å²) in [5, 5.41) is 3.65. The number of methoxy groups -OCH3 is 1. The quantitative estimate of drug-likeness (QED) is 0.842. The van der Waals surface area contributed by atoms with Crippen molar-refractivity contribution in [2.24, 2.45) is 0 Å². The molecule has 2 aliphatic heterocycles. The maximum Gasteiger partial charge on any atom is 0.231 e. The van der Waals surface area contributed by atoms with Crippen LogP contribution in [0.5, 0.6) is 17.2 Å². The van der Waals surface area contributed by atoms with E-state index in [2.05, 4.69) is 46.5 Å². The van der Waals surface area contributed by atoms with E-state index in [0.717, 1.165) is 40.2 Å². The van der Waals surface area contributed by atoms with Crippen LogP contribution in [-0.4, -0.2) is 27.5 Å². The highest BCUT2D eigenvalue weighted by molar-refractivity contribution is 9.10. The van der Waals surface area contributed by atoms with E-state index in [1.54, 1.807) is 7.11 Å². The smallest absolute Gasteiger partial charge is 0.231 e. The lowest BCUT2D eigenvalue weighted by molar-refractivity contribution is -0.910. The lowest BCUT2D eigenvalue weighted by atomic mass is 9.94. The molecule has 0 aliphatic carbocycles. The standard InChI is InChI=1S/C18H19BrN2O3/c1-21-8-7-11-9-14-16(24-10-23-14)17(22-2)15(11)18(21)20-13-5-3-12(19)4-6-13/h3-6,9,18,20H,7-8,10H2,1-2H3/p+1/t18-/m1/s1. The summed E-state index contributed by atoms with van der Waals surface area (Å²) in [5.41, 5.74) is 3.50. The summed E-state index contributed by atoms with van der Waals surface area (Å²) in [6, 6.07) is 10.3. The van der Waals surface area contributed by atoms with Gasteiger partial charge in [-0.3, -0.25) is 0 Å². The van der Waals surface area contributed by atoms with Crippen molar-refractivity contribution in [1.29, 1.82) is 0 Å². The Bertz CT molecular complexity index is 764. The van der Waals surface area contributed by atoms with Gasteiger partial charge in [-0.15, -0.1) is 0 Å². The third kappa shape index (κ3) is 2.59. The van der Waals surface area contributed by atoms with Gasteiger partial charge in [-0.25, -0.2) is 0 Å². The van der Waals surface area contributed by atoms with Crippen molar-refractivity contribution < 1.29 is 19.1 Å². The number of quaternary nitrogens is 1. The molecule has 2 heterocycles. The lowest BCUT2D eigenvalue weighted by Gasteiger charge is -2.33. The molecule has 1 unspecified atom stereocenters. The van der Waals surface area contributed by atoms with Crippen LogP contribution in [0.25, 0.3) is 0 Å². The predicted octanol–water partition coefficient (Wildman–Crippen LogP) is 2.37. The fraction of sp³-hybridized carbons (Fsp3) is 0.333. The van der Waals surface area contributed by atoms with Gasteiger partial charge >= 0.3 is 0 Å². The molecule has 2 N–H and O–H groups in total.